The first-order valence-electron chi connectivity index (χ1n) is 14.4. The number of phenolic OH excluding ortho intramolecular Hbond substituents is 2. The molecular weight excluding hydrogens is 566 g/mol. The van der Waals surface area contributed by atoms with Gasteiger partial charge in [-0.05, 0) is 78.1 Å². The molecule has 2 N–H and O–H groups in total. The highest BCUT2D eigenvalue weighted by atomic mass is 16.6. The molecule has 4 bridgehead atoms. The minimum absolute atomic E-state index is 0.221. The van der Waals surface area contributed by atoms with Crippen LogP contribution in [-0.4, -0.2) is 44.6 Å². The van der Waals surface area contributed by atoms with Gasteiger partial charge in [-0.15, -0.1) is 0 Å². The van der Waals surface area contributed by atoms with Gasteiger partial charge in [-0.25, -0.2) is 0 Å². The Morgan fingerprint density at radius 3 is 1.41 bits per heavy atom. The molecule has 0 amide bonds. The maximum Gasteiger partial charge on any atom is 0.310 e. The zero-order chi connectivity index (χ0) is 30.6. The second-order valence-electron chi connectivity index (χ2n) is 11.9. The fourth-order valence-corrected chi connectivity index (χ4v) is 7.83. The molecule has 44 heavy (non-hydrogen) atoms. The van der Waals surface area contributed by atoms with Crippen LogP contribution in [0.4, 0.5) is 11.4 Å². The molecule has 3 saturated heterocycles. The summed E-state index contributed by atoms with van der Waals surface area (Å²) in [5.74, 6) is 2.34. The Hall–Kier alpha value is -5.16. The molecule has 0 aromatic heterocycles. The largest absolute Gasteiger partial charge is 0.502 e. The van der Waals surface area contributed by atoms with Gasteiger partial charge in [0, 0.05) is 49.3 Å². The van der Waals surface area contributed by atoms with E-state index in [1.54, 1.807) is 0 Å². The first kappa shape index (κ1) is 27.7. The monoisotopic (exact) mass is 595 g/mol. The fraction of sp³-hybridized carbons (Fsp3) is 0.273. The van der Waals surface area contributed by atoms with Gasteiger partial charge < -0.3 is 24.6 Å². The predicted octanol–water partition coefficient (Wildman–Crippen LogP) is 6.76. The number of nitro groups is 2. The van der Waals surface area contributed by atoms with Crippen LogP contribution >= 0.6 is 0 Å². The van der Waals surface area contributed by atoms with Crippen molar-refractivity contribution < 1.29 is 29.5 Å². The molecule has 0 spiro atoms. The van der Waals surface area contributed by atoms with E-state index in [1.165, 1.54) is 47.5 Å². The quantitative estimate of drug-likeness (QED) is 0.166. The second kappa shape index (κ2) is 10.5. The average Bonchev–Trinajstić information content (AvgIpc) is 2.98. The summed E-state index contributed by atoms with van der Waals surface area (Å²) in [7, 11) is 0. The van der Waals surface area contributed by atoms with Crippen molar-refractivity contribution in [1.29, 1.82) is 0 Å². The van der Waals surface area contributed by atoms with Gasteiger partial charge in [0.1, 0.15) is 23.0 Å². The first-order chi connectivity index (χ1) is 21.2. The van der Waals surface area contributed by atoms with E-state index in [9.17, 15) is 30.4 Å². The number of nitrogens with zero attached hydrogens (tertiary/aromatic N) is 3. The van der Waals surface area contributed by atoms with Gasteiger partial charge in [-0.1, -0.05) is 24.3 Å². The van der Waals surface area contributed by atoms with Crippen LogP contribution in [0.3, 0.4) is 0 Å². The lowest BCUT2D eigenvalue weighted by atomic mass is 9.48. The molecule has 4 atom stereocenters. The van der Waals surface area contributed by atoms with Gasteiger partial charge in [-0.2, -0.15) is 0 Å². The molecule has 2 unspecified atom stereocenters. The normalized spacial score (nSPS) is 22.8. The van der Waals surface area contributed by atoms with E-state index >= 15 is 0 Å². The maximum absolute atomic E-state index is 11.0. The number of hydrogen-bond donors (Lipinski definition) is 2. The van der Waals surface area contributed by atoms with Gasteiger partial charge in [0.25, 0.3) is 0 Å². The standard InChI is InChI=1S/C33H29N3O8/c37-31-15-27(9-11-29(31)35(39)40)43-25-5-1-21(2-6-25)33(23-13-20-14-24(33)19-34(17-20)18-23)22-3-7-26(8-4-22)44-28-10-12-30(36(41)42)32(38)16-28/h1-12,15-16,20,23-24,37-38H,13-14,17-19H2/t20?,23-,24+. The molecule has 3 heterocycles. The average molecular weight is 596 g/mol. The molecule has 11 nitrogen and oxygen atoms in total. The van der Waals surface area contributed by atoms with Crippen molar-refractivity contribution in [2.75, 3.05) is 19.6 Å². The topological polar surface area (TPSA) is 148 Å². The molecule has 1 saturated carbocycles. The van der Waals surface area contributed by atoms with Crippen LogP contribution in [0.15, 0.2) is 84.9 Å². The number of nitro benzene ring substituents is 2. The van der Waals surface area contributed by atoms with E-state index in [0.29, 0.717) is 40.8 Å². The second-order valence-corrected chi connectivity index (χ2v) is 11.9. The zero-order valence-electron chi connectivity index (χ0n) is 23.5. The van der Waals surface area contributed by atoms with E-state index in [0.717, 1.165) is 32.5 Å². The third kappa shape index (κ3) is 4.65. The van der Waals surface area contributed by atoms with Crippen LogP contribution in [-0.2, 0) is 5.41 Å². The first-order valence-corrected chi connectivity index (χ1v) is 14.4. The Balaban J connectivity index is 1.19. The minimum Gasteiger partial charge on any atom is -0.502 e. The Bertz CT molecular complexity index is 1620. The molecule has 4 fully saturated rings. The highest BCUT2D eigenvalue weighted by Gasteiger charge is 2.58. The highest BCUT2D eigenvalue weighted by molar-refractivity contribution is 5.53. The van der Waals surface area contributed by atoms with E-state index in [2.05, 4.69) is 29.2 Å². The lowest BCUT2D eigenvalue weighted by Gasteiger charge is -2.63. The number of ether oxygens (including phenoxy) is 2. The van der Waals surface area contributed by atoms with Gasteiger partial charge in [0.2, 0.25) is 0 Å². The van der Waals surface area contributed by atoms with Crippen molar-refractivity contribution >= 4 is 11.4 Å². The van der Waals surface area contributed by atoms with Crippen molar-refractivity contribution in [1.82, 2.24) is 4.90 Å². The summed E-state index contributed by atoms with van der Waals surface area (Å²) in [6.07, 6.45) is 2.29. The van der Waals surface area contributed by atoms with Crippen molar-refractivity contribution in [2.45, 2.75) is 18.3 Å². The molecule has 8 rings (SSSR count). The number of phenols is 2. The fourth-order valence-electron chi connectivity index (χ4n) is 7.83. The van der Waals surface area contributed by atoms with E-state index in [1.807, 2.05) is 24.3 Å². The molecule has 3 aliphatic heterocycles. The van der Waals surface area contributed by atoms with Gasteiger partial charge in [0.05, 0.1) is 9.85 Å². The Morgan fingerprint density at radius 2 is 1.05 bits per heavy atom. The van der Waals surface area contributed by atoms with Crippen LogP contribution in [0.1, 0.15) is 24.0 Å². The Kier molecular flexibility index (Phi) is 6.62. The number of benzene rings is 4. The summed E-state index contributed by atoms with van der Waals surface area (Å²) in [6, 6.07) is 23.8. The summed E-state index contributed by atoms with van der Waals surface area (Å²) in [5, 5.41) is 42.1. The SMILES string of the molecule is O=[N+]([O-])c1ccc(Oc2ccc(C3(c4ccc(Oc5ccc([N+](=O)[O-])c(O)c5)cc4)[C@@H]4CC5C[C@H]3CN(C5)C4)cc2)cc1O. The van der Waals surface area contributed by atoms with E-state index in [4.69, 9.17) is 9.47 Å². The third-order valence-corrected chi connectivity index (χ3v) is 9.42. The Labute approximate surface area is 252 Å². The smallest absolute Gasteiger partial charge is 0.310 e. The van der Waals surface area contributed by atoms with Crippen LogP contribution in [0.25, 0.3) is 0 Å². The van der Waals surface area contributed by atoms with Gasteiger partial charge in [0.15, 0.2) is 11.5 Å². The molecule has 0 radical (unpaired) electrons. The lowest BCUT2D eigenvalue weighted by Crippen LogP contribution is -2.65. The molecule has 4 aliphatic rings. The molecule has 4 aromatic rings. The summed E-state index contributed by atoms with van der Waals surface area (Å²) < 4.78 is 11.9. The predicted molar refractivity (Wildman–Crippen MR) is 159 cm³/mol. The lowest BCUT2D eigenvalue weighted by molar-refractivity contribution is -0.386. The number of hydrogen-bond acceptors (Lipinski definition) is 9. The number of aromatic hydroxyl groups is 2. The third-order valence-electron chi connectivity index (χ3n) is 9.42. The van der Waals surface area contributed by atoms with Crippen LogP contribution in [0.2, 0.25) is 0 Å². The summed E-state index contributed by atoms with van der Waals surface area (Å²) in [4.78, 5) is 23.4. The Morgan fingerprint density at radius 1 is 0.636 bits per heavy atom. The van der Waals surface area contributed by atoms with Gasteiger partial charge >= 0.3 is 11.4 Å². The molecule has 1 aliphatic carbocycles. The van der Waals surface area contributed by atoms with E-state index in [-0.39, 0.29) is 16.8 Å². The molecule has 4 aromatic carbocycles. The zero-order valence-corrected chi connectivity index (χ0v) is 23.5. The summed E-state index contributed by atoms with van der Waals surface area (Å²) in [5.41, 5.74) is 1.41. The van der Waals surface area contributed by atoms with Crippen LogP contribution < -0.4 is 9.47 Å². The molecular formula is C33H29N3O8. The van der Waals surface area contributed by atoms with Crippen molar-refractivity contribution in [2.24, 2.45) is 17.8 Å². The maximum atomic E-state index is 11.0. The minimum atomic E-state index is -0.645. The number of rotatable bonds is 8. The highest BCUT2D eigenvalue weighted by Crippen LogP contribution is 2.59. The van der Waals surface area contributed by atoms with Crippen molar-refractivity contribution in [3.63, 3.8) is 0 Å². The van der Waals surface area contributed by atoms with E-state index < -0.39 is 21.3 Å². The molecule has 11 heteroatoms. The molecule has 224 valence electrons. The summed E-state index contributed by atoms with van der Waals surface area (Å²) in [6.45, 7) is 3.20. The van der Waals surface area contributed by atoms with Crippen LogP contribution in [0, 0.1) is 38.0 Å². The number of piperidine rings is 3. The summed E-state index contributed by atoms with van der Waals surface area (Å²) >= 11 is 0. The van der Waals surface area contributed by atoms with Crippen molar-refractivity contribution in [3.05, 3.63) is 116 Å². The van der Waals surface area contributed by atoms with Crippen LogP contribution in [0.5, 0.6) is 34.5 Å². The van der Waals surface area contributed by atoms with Gasteiger partial charge in [-0.3, -0.25) is 20.2 Å². The van der Waals surface area contributed by atoms with Crippen molar-refractivity contribution in [3.8, 4) is 34.5 Å².